The topological polar surface area (TPSA) is 38.7 Å². The molecule has 0 aliphatic heterocycles. The van der Waals surface area contributed by atoms with E-state index in [4.69, 9.17) is 15.0 Å². The lowest BCUT2D eigenvalue weighted by atomic mass is 9.97. The summed E-state index contributed by atoms with van der Waals surface area (Å²) in [5.74, 6) is 4.10. The van der Waals surface area contributed by atoms with Crippen molar-refractivity contribution in [2.24, 2.45) is 23.7 Å². The van der Waals surface area contributed by atoms with Gasteiger partial charge in [-0.3, -0.25) is 0 Å². The Hall–Kier alpha value is -4.89. The number of benzene rings is 4. The molecule has 190 valence electrons. The fourth-order valence-corrected chi connectivity index (χ4v) is 6.20. The van der Waals surface area contributed by atoms with Crippen LogP contribution in [0.15, 0.2) is 140 Å². The molecule has 2 atom stereocenters. The van der Waals surface area contributed by atoms with Gasteiger partial charge in [-0.1, -0.05) is 134 Å². The van der Waals surface area contributed by atoms with Gasteiger partial charge >= 0.3 is 0 Å². The van der Waals surface area contributed by atoms with Crippen molar-refractivity contribution in [2.75, 3.05) is 0 Å². The van der Waals surface area contributed by atoms with Crippen LogP contribution in [0.5, 0.6) is 0 Å². The maximum absolute atomic E-state index is 5.17. The lowest BCUT2D eigenvalue weighted by molar-refractivity contribution is 0.977. The Balaban J connectivity index is 1.32. The number of nitrogens with zero attached hydrogens (tertiary/aromatic N) is 3. The summed E-state index contributed by atoms with van der Waals surface area (Å²) in [7, 11) is 0. The highest BCUT2D eigenvalue weighted by Gasteiger charge is 2.48. The Morgan fingerprint density at radius 2 is 0.975 bits per heavy atom. The van der Waals surface area contributed by atoms with Gasteiger partial charge in [-0.25, -0.2) is 15.0 Å². The van der Waals surface area contributed by atoms with Crippen molar-refractivity contribution in [1.82, 2.24) is 15.0 Å². The minimum absolute atomic E-state index is 0.183. The Morgan fingerprint density at radius 1 is 0.400 bits per heavy atom. The van der Waals surface area contributed by atoms with Crippen LogP contribution in [0.1, 0.15) is 5.82 Å². The largest absolute Gasteiger partial charge is 0.208 e. The average Bonchev–Trinajstić information content (AvgIpc) is 3.80. The number of rotatable bonds is 5. The first-order valence-corrected chi connectivity index (χ1v) is 14.0. The minimum Gasteiger partial charge on any atom is -0.208 e. The molecule has 9 rings (SSSR count). The van der Waals surface area contributed by atoms with Crippen LogP contribution < -0.4 is 0 Å². The maximum atomic E-state index is 5.17. The molecule has 3 nitrogen and oxygen atoms in total. The Kier molecular flexibility index (Phi) is 5.41. The summed E-state index contributed by atoms with van der Waals surface area (Å²) < 4.78 is 0. The number of allylic oxidation sites excluding steroid dienone is 6. The van der Waals surface area contributed by atoms with Gasteiger partial charge in [0, 0.05) is 22.6 Å². The third kappa shape index (κ3) is 4.02. The van der Waals surface area contributed by atoms with E-state index >= 15 is 0 Å². The van der Waals surface area contributed by atoms with Crippen molar-refractivity contribution in [3.05, 3.63) is 145 Å². The summed E-state index contributed by atoms with van der Waals surface area (Å²) in [5, 5.41) is 0. The van der Waals surface area contributed by atoms with Crippen molar-refractivity contribution in [3.63, 3.8) is 0 Å². The molecule has 0 N–H and O–H groups in total. The summed E-state index contributed by atoms with van der Waals surface area (Å²) in [6.07, 6.45) is 11.9. The smallest absolute Gasteiger partial charge is 0.164 e. The second-order valence-corrected chi connectivity index (χ2v) is 10.8. The van der Waals surface area contributed by atoms with Crippen molar-refractivity contribution in [2.45, 2.75) is 0 Å². The molecule has 4 bridgehead atoms. The molecule has 0 spiro atoms. The van der Waals surface area contributed by atoms with Crippen LogP contribution >= 0.6 is 0 Å². The van der Waals surface area contributed by atoms with E-state index in [1.165, 1.54) is 11.1 Å². The highest BCUT2D eigenvalue weighted by molar-refractivity contribution is 5.82. The monoisotopic (exact) mass is 513 g/mol. The fraction of sp³-hybridized carbons (Fsp3) is 0.108. The van der Waals surface area contributed by atoms with E-state index in [9.17, 15) is 0 Å². The van der Waals surface area contributed by atoms with Crippen LogP contribution in [0.25, 0.3) is 50.6 Å². The molecule has 4 aromatic carbocycles. The van der Waals surface area contributed by atoms with E-state index in [-0.39, 0.29) is 5.92 Å². The van der Waals surface area contributed by atoms with E-state index in [0.717, 1.165) is 33.6 Å². The number of aromatic nitrogens is 3. The predicted octanol–water partition coefficient (Wildman–Crippen LogP) is 8.54. The van der Waals surface area contributed by atoms with E-state index < -0.39 is 0 Å². The first kappa shape index (κ1) is 23.0. The number of hydrogen-bond acceptors (Lipinski definition) is 3. The molecule has 1 saturated carbocycles. The van der Waals surface area contributed by atoms with Crippen LogP contribution in [-0.2, 0) is 0 Å². The van der Waals surface area contributed by atoms with Gasteiger partial charge in [0.25, 0.3) is 0 Å². The zero-order chi connectivity index (χ0) is 26.5. The lowest BCUT2D eigenvalue weighted by Gasteiger charge is -2.15. The summed E-state index contributed by atoms with van der Waals surface area (Å²) in [6, 6.07) is 37.9. The Morgan fingerprint density at radius 3 is 1.73 bits per heavy atom. The third-order valence-corrected chi connectivity index (χ3v) is 8.38. The van der Waals surface area contributed by atoms with Gasteiger partial charge in [-0.05, 0) is 46.1 Å². The highest BCUT2D eigenvalue weighted by atomic mass is 15.0. The van der Waals surface area contributed by atoms with Gasteiger partial charge in [-0.2, -0.15) is 0 Å². The molecular formula is C37H27N3. The van der Waals surface area contributed by atoms with Gasteiger partial charge in [0.15, 0.2) is 17.5 Å². The molecular weight excluding hydrogens is 486 g/mol. The molecule has 2 unspecified atom stereocenters. The van der Waals surface area contributed by atoms with Crippen molar-refractivity contribution in [3.8, 4) is 45.0 Å². The normalized spacial score (nSPS) is 21.9. The van der Waals surface area contributed by atoms with Gasteiger partial charge in [0.1, 0.15) is 0 Å². The zero-order valence-electron chi connectivity index (χ0n) is 21.9. The van der Waals surface area contributed by atoms with Gasteiger partial charge in [-0.15, -0.1) is 0 Å². The van der Waals surface area contributed by atoms with Crippen LogP contribution in [0, 0.1) is 23.7 Å². The maximum Gasteiger partial charge on any atom is 0.164 e. The molecule has 4 aliphatic rings. The quantitative estimate of drug-likeness (QED) is 0.221. The summed E-state index contributed by atoms with van der Waals surface area (Å²) in [4.78, 5) is 15.4. The van der Waals surface area contributed by atoms with Crippen molar-refractivity contribution >= 4 is 5.57 Å². The first-order valence-electron chi connectivity index (χ1n) is 14.0. The second kappa shape index (κ2) is 9.39. The minimum atomic E-state index is 0.183. The lowest BCUT2D eigenvalue weighted by Crippen LogP contribution is -2.07. The van der Waals surface area contributed by atoms with Gasteiger partial charge < -0.3 is 0 Å². The highest BCUT2D eigenvalue weighted by Crippen LogP contribution is 2.55. The SMILES string of the molecule is C1=CC2C3C=CC1C(c1nc(-c4cccc(-c5ccccc5)c4)nc(-c4ccccc4-c4ccccc4)n1)=CC23. The molecule has 1 fully saturated rings. The van der Waals surface area contributed by atoms with Crippen LogP contribution in [-0.4, -0.2) is 15.0 Å². The van der Waals surface area contributed by atoms with Gasteiger partial charge in [0.2, 0.25) is 0 Å². The first-order chi connectivity index (χ1) is 19.8. The van der Waals surface area contributed by atoms with Crippen LogP contribution in [0.2, 0.25) is 0 Å². The Labute approximate surface area is 234 Å². The molecule has 4 aliphatic carbocycles. The summed E-state index contributed by atoms with van der Waals surface area (Å²) in [6.45, 7) is 0. The summed E-state index contributed by atoms with van der Waals surface area (Å²) >= 11 is 0. The van der Waals surface area contributed by atoms with Crippen LogP contribution in [0.3, 0.4) is 0 Å². The standard InChI is InChI=1S/C37H27N3/c1-3-10-24(11-4-1)27-14-9-15-28(22-27)35-38-36(32-17-8-7-16-29(32)25-12-5-2-6-13-25)40-37(39-35)33-23-34-30-20-18-26(33)19-21-31(30)34/h1-23,26,30-31,34H. The van der Waals surface area contributed by atoms with Crippen LogP contribution in [0.4, 0.5) is 0 Å². The fourth-order valence-electron chi connectivity index (χ4n) is 6.20. The van der Waals surface area contributed by atoms with Crippen molar-refractivity contribution < 1.29 is 0 Å². The van der Waals surface area contributed by atoms with E-state index in [1.807, 2.05) is 12.1 Å². The molecule has 0 amide bonds. The van der Waals surface area contributed by atoms with Gasteiger partial charge in [0.05, 0.1) is 0 Å². The molecule has 5 aromatic rings. The van der Waals surface area contributed by atoms with E-state index in [1.54, 1.807) is 0 Å². The predicted molar refractivity (Wildman–Crippen MR) is 162 cm³/mol. The average molecular weight is 514 g/mol. The molecule has 0 radical (unpaired) electrons. The molecule has 3 heteroatoms. The van der Waals surface area contributed by atoms with E-state index in [0.29, 0.717) is 29.4 Å². The molecule has 1 heterocycles. The zero-order valence-corrected chi connectivity index (χ0v) is 21.9. The van der Waals surface area contributed by atoms with Crippen molar-refractivity contribution in [1.29, 1.82) is 0 Å². The Bertz CT molecular complexity index is 1800. The number of hydrogen-bond donors (Lipinski definition) is 0. The third-order valence-electron chi connectivity index (χ3n) is 8.38. The molecule has 1 aromatic heterocycles. The molecule has 0 saturated heterocycles. The van der Waals surface area contributed by atoms with E-state index in [2.05, 4.69) is 127 Å². The second-order valence-electron chi connectivity index (χ2n) is 10.8. The molecule has 40 heavy (non-hydrogen) atoms. The summed E-state index contributed by atoms with van der Waals surface area (Å²) in [5.41, 5.74) is 7.75.